The van der Waals surface area contributed by atoms with Gasteiger partial charge in [0.25, 0.3) is 5.91 Å². The van der Waals surface area contributed by atoms with Crippen molar-refractivity contribution < 1.29 is 13.6 Å². The third-order valence-corrected chi connectivity index (χ3v) is 0.940. The summed E-state index contributed by atoms with van der Waals surface area (Å²) in [7, 11) is 0. The molecule has 60 valence electrons. The van der Waals surface area contributed by atoms with Crippen LogP contribution in [0.15, 0.2) is 0 Å². The smallest absolute Gasteiger partial charge is 0.315 e. The summed E-state index contributed by atoms with van der Waals surface area (Å²) in [6.45, 7) is 1.72. The van der Waals surface area contributed by atoms with Crippen molar-refractivity contribution in [3.05, 3.63) is 0 Å². The Kier molecular flexibility index (Phi) is 3.87. The number of nitrogens with one attached hydrogen (secondary N) is 1. The third-order valence-electron chi connectivity index (χ3n) is 0.940. The average molecular weight is 152 g/mol. The molecule has 0 saturated heterocycles. The second kappa shape index (κ2) is 4.16. The normalized spacial score (nSPS) is 13.3. The first-order valence-corrected chi connectivity index (χ1v) is 2.86. The van der Waals surface area contributed by atoms with Gasteiger partial charge < -0.3 is 11.1 Å². The molecule has 0 saturated carbocycles. The largest absolute Gasteiger partial charge is 0.347 e. The minimum Gasteiger partial charge on any atom is -0.347 e. The Balaban J connectivity index is 3.57. The molecule has 1 unspecified atom stereocenters. The maximum absolute atomic E-state index is 11.5. The molecule has 0 spiro atoms. The van der Waals surface area contributed by atoms with Crippen LogP contribution in [0.25, 0.3) is 0 Å². The highest BCUT2D eigenvalue weighted by Gasteiger charge is 2.15. The van der Waals surface area contributed by atoms with E-state index >= 15 is 0 Å². The summed E-state index contributed by atoms with van der Waals surface area (Å²) in [6, 6.07) is -0.388. The fraction of sp³-hybridized carbons (Fsp3) is 0.800. The van der Waals surface area contributed by atoms with Gasteiger partial charge in [0.1, 0.15) is 0 Å². The van der Waals surface area contributed by atoms with Crippen molar-refractivity contribution in [1.29, 1.82) is 0 Å². The van der Waals surface area contributed by atoms with Gasteiger partial charge in [-0.1, -0.05) is 0 Å². The number of amides is 1. The van der Waals surface area contributed by atoms with Gasteiger partial charge in [0.05, 0.1) is 0 Å². The maximum Gasteiger partial charge on any atom is 0.315 e. The van der Waals surface area contributed by atoms with Crippen molar-refractivity contribution in [2.45, 2.75) is 19.4 Å². The van der Waals surface area contributed by atoms with Crippen molar-refractivity contribution in [1.82, 2.24) is 5.32 Å². The molecular formula is C5H10F2N2O. The Morgan fingerprint density at radius 3 is 2.50 bits per heavy atom. The van der Waals surface area contributed by atoms with E-state index < -0.39 is 12.3 Å². The van der Waals surface area contributed by atoms with Gasteiger partial charge in [0.2, 0.25) is 0 Å². The summed E-state index contributed by atoms with van der Waals surface area (Å²) in [6.07, 6.45) is -2.95. The van der Waals surface area contributed by atoms with Crippen LogP contribution >= 0.6 is 0 Å². The van der Waals surface area contributed by atoms with Crippen LogP contribution in [-0.2, 0) is 4.79 Å². The molecule has 0 heterocycles. The van der Waals surface area contributed by atoms with E-state index in [0.29, 0.717) is 0 Å². The predicted octanol–water partition coefficient (Wildman–Crippen LogP) is -0.285. The highest BCUT2D eigenvalue weighted by Crippen LogP contribution is 1.91. The maximum atomic E-state index is 11.5. The number of hydrogen-bond donors (Lipinski definition) is 2. The van der Waals surface area contributed by atoms with E-state index in [2.05, 4.69) is 0 Å². The summed E-state index contributed by atoms with van der Waals surface area (Å²) in [5, 5.41) is 2.02. The first kappa shape index (κ1) is 9.29. The predicted molar refractivity (Wildman–Crippen MR) is 32.7 cm³/mol. The molecular weight excluding hydrogens is 142 g/mol. The molecule has 0 bridgehead atoms. The quantitative estimate of drug-likeness (QED) is 0.584. The number of carbonyl (C=O) groups excluding carboxylic acids is 1. The zero-order chi connectivity index (χ0) is 8.15. The van der Waals surface area contributed by atoms with Crippen LogP contribution in [0.4, 0.5) is 8.78 Å². The van der Waals surface area contributed by atoms with Gasteiger partial charge in [0.15, 0.2) is 0 Å². The summed E-state index contributed by atoms with van der Waals surface area (Å²) in [4.78, 5) is 10.2. The second-order valence-electron chi connectivity index (χ2n) is 1.95. The zero-order valence-electron chi connectivity index (χ0n) is 5.60. The molecule has 0 aliphatic rings. The fourth-order valence-corrected chi connectivity index (χ4v) is 0.365. The number of halogens is 2. The fourth-order valence-electron chi connectivity index (χ4n) is 0.365. The van der Waals surface area contributed by atoms with E-state index in [4.69, 9.17) is 5.73 Å². The lowest BCUT2D eigenvalue weighted by Crippen LogP contribution is -2.40. The van der Waals surface area contributed by atoms with Gasteiger partial charge in [-0.2, -0.15) is 8.78 Å². The van der Waals surface area contributed by atoms with E-state index in [1.165, 1.54) is 0 Å². The Morgan fingerprint density at radius 1 is 1.70 bits per heavy atom. The molecule has 1 atom stereocenters. The molecule has 0 rings (SSSR count). The second-order valence-corrected chi connectivity index (χ2v) is 1.95. The molecule has 0 aromatic carbocycles. The van der Waals surface area contributed by atoms with E-state index in [0.717, 1.165) is 0 Å². The minimum absolute atomic E-state index is 0.165. The molecule has 3 nitrogen and oxygen atoms in total. The monoisotopic (exact) mass is 152 g/mol. The number of nitrogens with two attached hydrogens (primary N) is 1. The van der Waals surface area contributed by atoms with Crippen LogP contribution in [0.5, 0.6) is 0 Å². The summed E-state index contributed by atoms with van der Waals surface area (Å²) < 4.78 is 22.9. The van der Waals surface area contributed by atoms with Crippen molar-refractivity contribution in [2.24, 2.45) is 5.73 Å². The number of hydrogen-bond acceptors (Lipinski definition) is 2. The standard InChI is InChI=1S/C5H10F2N2O/c1-3(2-8)9-5(10)4(6)7/h3-4H,2,8H2,1H3,(H,9,10). The molecule has 1 amide bonds. The Morgan fingerprint density at radius 2 is 2.20 bits per heavy atom. The van der Waals surface area contributed by atoms with Crippen LogP contribution in [0.1, 0.15) is 6.92 Å². The zero-order valence-corrected chi connectivity index (χ0v) is 5.60. The van der Waals surface area contributed by atoms with Gasteiger partial charge in [0, 0.05) is 12.6 Å². The van der Waals surface area contributed by atoms with Crippen LogP contribution in [0, 0.1) is 0 Å². The Hall–Kier alpha value is -0.710. The van der Waals surface area contributed by atoms with E-state index in [1.807, 2.05) is 5.32 Å². The van der Waals surface area contributed by atoms with Gasteiger partial charge in [-0.15, -0.1) is 0 Å². The number of carbonyl (C=O) groups is 1. The summed E-state index contributed by atoms with van der Waals surface area (Å²) >= 11 is 0. The SMILES string of the molecule is CC(CN)NC(=O)C(F)F. The van der Waals surface area contributed by atoms with Crippen LogP contribution in [0.3, 0.4) is 0 Å². The van der Waals surface area contributed by atoms with Crippen LogP contribution < -0.4 is 11.1 Å². The molecule has 0 radical (unpaired) electrons. The lowest BCUT2D eigenvalue weighted by molar-refractivity contribution is -0.132. The van der Waals surface area contributed by atoms with Crippen LogP contribution in [-0.4, -0.2) is 24.9 Å². The van der Waals surface area contributed by atoms with Gasteiger partial charge >= 0.3 is 6.43 Å². The van der Waals surface area contributed by atoms with Gasteiger partial charge in [-0.3, -0.25) is 4.79 Å². The number of alkyl halides is 2. The first-order valence-electron chi connectivity index (χ1n) is 2.86. The van der Waals surface area contributed by atoms with E-state index in [-0.39, 0.29) is 12.6 Å². The Bertz CT molecular complexity index is 118. The molecule has 3 N–H and O–H groups in total. The molecule has 0 aliphatic carbocycles. The Labute approximate surface area is 57.6 Å². The lowest BCUT2D eigenvalue weighted by atomic mass is 10.3. The van der Waals surface area contributed by atoms with E-state index in [1.54, 1.807) is 6.92 Å². The highest BCUT2D eigenvalue weighted by atomic mass is 19.3. The van der Waals surface area contributed by atoms with Crippen molar-refractivity contribution in [2.75, 3.05) is 6.54 Å². The molecule has 0 aliphatic heterocycles. The summed E-state index contributed by atoms with van der Waals surface area (Å²) in [5.74, 6) is -1.27. The van der Waals surface area contributed by atoms with Crippen LogP contribution in [0.2, 0.25) is 0 Å². The van der Waals surface area contributed by atoms with E-state index in [9.17, 15) is 13.6 Å². The topological polar surface area (TPSA) is 55.1 Å². The highest BCUT2D eigenvalue weighted by molar-refractivity contribution is 5.79. The first-order chi connectivity index (χ1) is 4.57. The molecule has 0 aromatic rings. The van der Waals surface area contributed by atoms with Gasteiger partial charge in [-0.05, 0) is 6.92 Å². The van der Waals surface area contributed by atoms with Crippen molar-refractivity contribution in [3.8, 4) is 0 Å². The van der Waals surface area contributed by atoms with Crippen molar-refractivity contribution >= 4 is 5.91 Å². The average Bonchev–Trinajstić information content (AvgIpc) is 1.87. The molecule has 10 heavy (non-hydrogen) atoms. The molecule has 0 aromatic heterocycles. The number of rotatable bonds is 3. The third kappa shape index (κ3) is 3.34. The molecule has 0 fully saturated rings. The molecule has 5 heteroatoms. The lowest BCUT2D eigenvalue weighted by Gasteiger charge is -2.09. The van der Waals surface area contributed by atoms with Crippen molar-refractivity contribution in [3.63, 3.8) is 0 Å². The van der Waals surface area contributed by atoms with Gasteiger partial charge in [-0.25, -0.2) is 0 Å². The summed E-state index contributed by atoms with van der Waals surface area (Å²) in [5.41, 5.74) is 5.06. The minimum atomic E-state index is -2.95.